The third kappa shape index (κ3) is 3.00. The minimum Gasteiger partial charge on any atom is -0.478 e. The number of urea groups is 1. The SMILES string of the molecule is CCOc1cc(C(F)(F)F)cc(NC(=O)N2CC3C4C=CC(O4)C3C2)n1. The Kier molecular flexibility index (Phi) is 4.06. The van der Waals surface area contributed by atoms with Crippen molar-refractivity contribution in [2.45, 2.75) is 25.3 Å². The van der Waals surface area contributed by atoms with Crippen molar-refractivity contribution in [2.75, 3.05) is 25.0 Å². The lowest BCUT2D eigenvalue weighted by Gasteiger charge is -2.20. The molecule has 0 radical (unpaired) electrons. The van der Waals surface area contributed by atoms with Crippen LogP contribution >= 0.6 is 0 Å². The van der Waals surface area contributed by atoms with Crippen LogP contribution < -0.4 is 10.1 Å². The Morgan fingerprint density at radius 3 is 2.54 bits per heavy atom. The maximum Gasteiger partial charge on any atom is 0.416 e. The molecular formula is C17H18F3N3O3. The number of likely N-dealkylation sites (tertiary alicyclic amines) is 1. The molecule has 2 saturated heterocycles. The minimum absolute atomic E-state index is 0.0269. The molecule has 6 nitrogen and oxygen atoms in total. The summed E-state index contributed by atoms with van der Waals surface area (Å²) in [6, 6.07) is 1.17. The summed E-state index contributed by atoms with van der Waals surface area (Å²) in [4.78, 5) is 18.1. The average molecular weight is 369 g/mol. The van der Waals surface area contributed by atoms with Crippen molar-refractivity contribution in [1.82, 2.24) is 9.88 Å². The normalized spacial score (nSPS) is 29.2. The van der Waals surface area contributed by atoms with Crippen molar-refractivity contribution >= 4 is 11.8 Å². The Balaban J connectivity index is 1.48. The van der Waals surface area contributed by atoms with Gasteiger partial charge in [-0.05, 0) is 13.0 Å². The van der Waals surface area contributed by atoms with E-state index in [4.69, 9.17) is 9.47 Å². The smallest absolute Gasteiger partial charge is 0.416 e. The number of rotatable bonds is 3. The van der Waals surface area contributed by atoms with Crippen LogP contribution in [0.5, 0.6) is 5.88 Å². The summed E-state index contributed by atoms with van der Waals surface area (Å²) in [5.74, 6) is 0.127. The number of carbonyl (C=O) groups is 1. The predicted molar refractivity (Wildman–Crippen MR) is 85.8 cm³/mol. The van der Waals surface area contributed by atoms with Gasteiger partial charge in [-0.15, -0.1) is 0 Å². The molecule has 4 heterocycles. The summed E-state index contributed by atoms with van der Waals surface area (Å²) >= 11 is 0. The number of aromatic nitrogens is 1. The first-order valence-corrected chi connectivity index (χ1v) is 8.47. The van der Waals surface area contributed by atoms with Crippen molar-refractivity contribution < 1.29 is 27.4 Å². The number of hydrogen-bond acceptors (Lipinski definition) is 4. The Bertz CT molecular complexity index is 733. The zero-order valence-electron chi connectivity index (χ0n) is 14.0. The van der Waals surface area contributed by atoms with Gasteiger partial charge < -0.3 is 14.4 Å². The molecule has 4 atom stereocenters. The van der Waals surface area contributed by atoms with Crippen LogP contribution in [0.2, 0.25) is 0 Å². The second-order valence-electron chi connectivity index (χ2n) is 6.62. The molecule has 3 aliphatic rings. The number of nitrogens with one attached hydrogen (secondary N) is 1. The van der Waals surface area contributed by atoms with Gasteiger partial charge in [-0.1, -0.05) is 12.2 Å². The Hall–Kier alpha value is -2.29. The van der Waals surface area contributed by atoms with Gasteiger partial charge >= 0.3 is 12.2 Å². The number of amides is 2. The third-order valence-electron chi connectivity index (χ3n) is 5.00. The summed E-state index contributed by atoms with van der Waals surface area (Å²) in [6.07, 6.45) is -0.481. The highest BCUT2D eigenvalue weighted by Gasteiger charge is 2.51. The van der Waals surface area contributed by atoms with E-state index >= 15 is 0 Å². The maximum atomic E-state index is 13.0. The van der Waals surface area contributed by atoms with E-state index in [1.165, 1.54) is 0 Å². The van der Waals surface area contributed by atoms with Gasteiger partial charge in [0.1, 0.15) is 5.82 Å². The highest BCUT2D eigenvalue weighted by Crippen LogP contribution is 2.43. The summed E-state index contributed by atoms with van der Waals surface area (Å²) in [5, 5.41) is 2.47. The molecule has 3 aliphatic heterocycles. The first-order valence-electron chi connectivity index (χ1n) is 8.47. The van der Waals surface area contributed by atoms with Crippen molar-refractivity contribution in [1.29, 1.82) is 0 Å². The fourth-order valence-electron chi connectivity index (χ4n) is 3.84. The second kappa shape index (κ2) is 6.15. The molecule has 1 aromatic heterocycles. The van der Waals surface area contributed by atoms with Crippen LogP contribution in [0.25, 0.3) is 0 Å². The summed E-state index contributed by atoms with van der Waals surface area (Å²) in [7, 11) is 0. The number of fused-ring (bicyclic) bond motifs is 5. The highest BCUT2D eigenvalue weighted by atomic mass is 19.4. The largest absolute Gasteiger partial charge is 0.478 e. The zero-order valence-corrected chi connectivity index (χ0v) is 14.0. The van der Waals surface area contributed by atoms with Gasteiger partial charge in [-0.2, -0.15) is 18.2 Å². The monoisotopic (exact) mass is 369 g/mol. The lowest BCUT2D eigenvalue weighted by Crippen LogP contribution is -2.35. The molecule has 26 heavy (non-hydrogen) atoms. The lowest BCUT2D eigenvalue weighted by atomic mass is 9.86. The molecule has 4 unspecified atom stereocenters. The Labute approximate surface area is 148 Å². The van der Waals surface area contributed by atoms with Crippen molar-refractivity contribution in [3.8, 4) is 5.88 Å². The number of carbonyl (C=O) groups excluding carboxylic acids is 1. The first kappa shape index (κ1) is 17.1. The second-order valence-corrected chi connectivity index (χ2v) is 6.62. The van der Waals surface area contributed by atoms with E-state index in [1.54, 1.807) is 11.8 Å². The summed E-state index contributed by atoms with van der Waals surface area (Å²) in [6.45, 7) is 2.85. The van der Waals surface area contributed by atoms with E-state index in [2.05, 4.69) is 10.3 Å². The molecule has 0 aliphatic carbocycles. The van der Waals surface area contributed by atoms with Crippen LogP contribution in [0.3, 0.4) is 0 Å². The topological polar surface area (TPSA) is 63.7 Å². The number of alkyl halides is 3. The van der Waals surface area contributed by atoms with Crippen LogP contribution in [0.4, 0.5) is 23.8 Å². The molecule has 140 valence electrons. The van der Waals surface area contributed by atoms with E-state index < -0.39 is 17.8 Å². The molecule has 1 aromatic rings. The number of ether oxygens (including phenoxy) is 2. The number of nitrogens with zero attached hydrogens (tertiary/aromatic N) is 2. The van der Waals surface area contributed by atoms with Gasteiger partial charge in [0.25, 0.3) is 0 Å². The standard InChI is InChI=1S/C17H18F3N3O3/c1-2-25-15-6-9(17(18,19)20)5-14(21-15)22-16(24)23-7-10-11(8-23)13-4-3-12(10)26-13/h3-6,10-13H,2,7-8H2,1H3,(H,21,22,24). The molecule has 0 spiro atoms. The van der Waals surface area contributed by atoms with Gasteiger partial charge in [0, 0.05) is 31.0 Å². The molecule has 2 bridgehead atoms. The fraction of sp³-hybridized carbons (Fsp3) is 0.529. The van der Waals surface area contributed by atoms with Gasteiger partial charge in [0.15, 0.2) is 0 Å². The van der Waals surface area contributed by atoms with E-state index in [0.29, 0.717) is 13.1 Å². The van der Waals surface area contributed by atoms with Crippen molar-refractivity contribution in [2.24, 2.45) is 11.8 Å². The van der Waals surface area contributed by atoms with Crippen LogP contribution in [0.15, 0.2) is 24.3 Å². The van der Waals surface area contributed by atoms with Crippen LogP contribution in [0, 0.1) is 11.8 Å². The number of hydrogen-bond donors (Lipinski definition) is 1. The number of halogens is 3. The van der Waals surface area contributed by atoms with Crippen LogP contribution in [-0.4, -0.2) is 47.8 Å². The molecule has 9 heteroatoms. The van der Waals surface area contributed by atoms with Crippen molar-refractivity contribution in [3.63, 3.8) is 0 Å². The lowest BCUT2D eigenvalue weighted by molar-refractivity contribution is -0.137. The van der Waals surface area contributed by atoms with Crippen molar-refractivity contribution in [3.05, 3.63) is 29.8 Å². The Morgan fingerprint density at radius 1 is 1.31 bits per heavy atom. The Morgan fingerprint density at radius 2 is 1.96 bits per heavy atom. The third-order valence-corrected chi connectivity index (χ3v) is 5.00. The minimum atomic E-state index is -4.55. The molecule has 0 saturated carbocycles. The number of anilines is 1. The predicted octanol–water partition coefficient (Wildman–Crippen LogP) is 2.92. The summed E-state index contributed by atoms with van der Waals surface area (Å²) < 4.78 is 50.0. The molecule has 4 rings (SSSR count). The molecule has 1 N–H and O–H groups in total. The van der Waals surface area contributed by atoms with E-state index in [0.717, 1.165) is 12.1 Å². The molecule has 2 fully saturated rings. The molecule has 0 aromatic carbocycles. The van der Waals surface area contributed by atoms with E-state index in [1.807, 2.05) is 12.2 Å². The maximum absolute atomic E-state index is 13.0. The van der Waals surface area contributed by atoms with Gasteiger partial charge in [0.2, 0.25) is 5.88 Å². The highest BCUT2D eigenvalue weighted by molar-refractivity contribution is 5.88. The van der Waals surface area contributed by atoms with Gasteiger partial charge in [0.05, 0.1) is 24.4 Å². The molecular weight excluding hydrogens is 351 g/mol. The van der Waals surface area contributed by atoms with Crippen LogP contribution in [-0.2, 0) is 10.9 Å². The van der Waals surface area contributed by atoms with Gasteiger partial charge in [-0.25, -0.2) is 4.79 Å². The van der Waals surface area contributed by atoms with Crippen LogP contribution in [0.1, 0.15) is 12.5 Å². The average Bonchev–Trinajstić information content (AvgIpc) is 3.27. The zero-order chi connectivity index (χ0) is 18.5. The van der Waals surface area contributed by atoms with Gasteiger partial charge in [-0.3, -0.25) is 5.32 Å². The first-order chi connectivity index (χ1) is 12.3. The van der Waals surface area contributed by atoms with E-state index in [9.17, 15) is 18.0 Å². The fourth-order valence-corrected chi connectivity index (χ4v) is 3.84. The molecule has 2 amide bonds. The quantitative estimate of drug-likeness (QED) is 0.833. The number of pyridine rings is 1. The van der Waals surface area contributed by atoms with E-state index in [-0.39, 0.29) is 42.3 Å². The summed E-state index contributed by atoms with van der Waals surface area (Å²) in [5.41, 5.74) is -0.916.